The predicted molar refractivity (Wildman–Crippen MR) is 39.8 cm³/mol. The van der Waals surface area contributed by atoms with Gasteiger partial charge in [0.05, 0.1) is 18.0 Å². The summed E-state index contributed by atoms with van der Waals surface area (Å²) in [6.07, 6.45) is -2.82. The van der Waals surface area contributed by atoms with Crippen LogP contribution in [-0.4, -0.2) is 10.1 Å². The molecule has 0 radical (unpaired) electrons. The van der Waals surface area contributed by atoms with Gasteiger partial charge in [0.1, 0.15) is 5.82 Å². The predicted octanol–water partition coefficient (Wildman–Crippen LogP) is 1.96. The normalized spacial score (nSPS) is 10.9. The average molecular weight is 191 g/mol. The second-order valence-electron chi connectivity index (χ2n) is 2.55. The van der Waals surface area contributed by atoms with Gasteiger partial charge in [0.2, 0.25) is 0 Å². The molecular weight excluding hydrogens is 183 g/mol. The summed E-state index contributed by atoms with van der Waals surface area (Å²) in [6, 6.07) is 0.707. The first-order valence-corrected chi connectivity index (χ1v) is 3.61. The van der Waals surface area contributed by atoms with Crippen LogP contribution < -0.4 is 0 Å². The molecule has 0 aliphatic carbocycles. The lowest BCUT2D eigenvalue weighted by Gasteiger charge is -2.06. The van der Waals surface area contributed by atoms with Crippen LogP contribution in [0.4, 0.5) is 13.2 Å². The molecular formula is C8H8F3NO. The van der Waals surface area contributed by atoms with Crippen LogP contribution in [0.2, 0.25) is 0 Å². The highest BCUT2D eigenvalue weighted by atomic mass is 19.3. The fraction of sp³-hybridized carbons (Fsp3) is 0.375. The van der Waals surface area contributed by atoms with Crippen molar-refractivity contribution in [3.05, 3.63) is 28.8 Å². The van der Waals surface area contributed by atoms with Gasteiger partial charge in [0.25, 0.3) is 6.43 Å². The molecule has 0 aliphatic rings. The third kappa shape index (κ3) is 1.98. The second-order valence-corrected chi connectivity index (χ2v) is 2.55. The van der Waals surface area contributed by atoms with E-state index in [1.807, 2.05) is 0 Å². The Bertz CT molecular complexity index is 315. The van der Waals surface area contributed by atoms with E-state index in [9.17, 15) is 13.2 Å². The largest absolute Gasteiger partial charge is 0.390 e. The van der Waals surface area contributed by atoms with Gasteiger partial charge in [0, 0.05) is 5.56 Å². The van der Waals surface area contributed by atoms with E-state index < -0.39 is 24.4 Å². The number of aryl methyl sites for hydroxylation is 1. The van der Waals surface area contributed by atoms with Gasteiger partial charge in [-0.25, -0.2) is 13.2 Å². The van der Waals surface area contributed by atoms with Crippen LogP contribution in [0, 0.1) is 12.7 Å². The maximum atomic E-state index is 12.8. The van der Waals surface area contributed by atoms with E-state index in [1.165, 1.54) is 6.92 Å². The standard InChI is InChI=1S/C8H8F3NO/c1-4-6(9)2-5(8(10)11)7(3-13)12-4/h2,8,13H,3H2,1H3. The van der Waals surface area contributed by atoms with E-state index in [-0.39, 0.29) is 11.4 Å². The summed E-state index contributed by atoms with van der Waals surface area (Å²) in [6.45, 7) is 0.741. The molecule has 5 heteroatoms. The van der Waals surface area contributed by atoms with Crippen molar-refractivity contribution in [1.29, 1.82) is 0 Å². The lowest BCUT2D eigenvalue weighted by molar-refractivity contribution is 0.145. The average Bonchev–Trinajstić information content (AvgIpc) is 2.08. The van der Waals surface area contributed by atoms with Crippen LogP contribution >= 0.6 is 0 Å². The fourth-order valence-electron chi connectivity index (χ4n) is 0.960. The Morgan fingerprint density at radius 3 is 2.62 bits per heavy atom. The number of pyridine rings is 1. The first-order chi connectivity index (χ1) is 6.06. The van der Waals surface area contributed by atoms with E-state index in [4.69, 9.17) is 5.11 Å². The van der Waals surface area contributed by atoms with Crippen LogP contribution in [0.5, 0.6) is 0 Å². The Morgan fingerprint density at radius 1 is 1.54 bits per heavy atom. The van der Waals surface area contributed by atoms with Crippen molar-refractivity contribution in [3.8, 4) is 0 Å². The lowest BCUT2D eigenvalue weighted by atomic mass is 10.2. The van der Waals surface area contributed by atoms with Crippen molar-refractivity contribution in [2.45, 2.75) is 20.0 Å². The van der Waals surface area contributed by atoms with Crippen molar-refractivity contribution in [2.75, 3.05) is 0 Å². The number of aliphatic hydroxyl groups is 1. The van der Waals surface area contributed by atoms with Gasteiger partial charge in [0.15, 0.2) is 0 Å². The highest BCUT2D eigenvalue weighted by Crippen LogP contribution is 2.23. The number of alkyl halides is 2. The Kier molecular flexibility index (Phi) is 2.87. The molecule has 0 fully saturated rings. The van der Waals surface area contributed by atoms with E-state index >= 15 is 0 Å². The summed E-state index contributed by atoms with van der Waals surface area (Å²) in [4.78, 5) is 3.51. The zero-order chi connectivity index (χ0) is 10.0. The molecule has 0 aliphatic heterocycles. The minimum absolute atomic E-state index is 0.00782. The number of nitrogens with zero attached hydrogens (tertiary/aromatic N) is 1. The van der Waals surface area contributed by atoms with Crippen LogP contribution in [0.3, 0.4) is 0 Å². The molecule has 1 N–H and O–H groups in total. The molecule has 1 aromatic rings. The van der Waals surface area contributed by atoms with Crippen molar-refractivity contribution < 1.29 is 18.3 Å². The van der Waals surface area contributed by atoms with Crippen LogP contribution in [0.15, 0.2) is 6.07 Å². The summed E-state index contributed by atoms with van der Waals surface area (Å²) in [5, 5.41) is 8.66. The van der Waals surface area contributed by atoms with Crippen molar-refractivity contribution in [2.24, 2.45) is 0 Å². The molecule has 0 amide bonds. The molecule has 0 aromatic carbocycles. The zero-order valence-electron chi connectivity index (χ0n) is 6.89. The molecule has 0 saturated carbocycles. The minimum atomic E-state index is -2.82. The monoisotopic (exact) mass is 191 g/mol. The smallest absolute Gasteiger partial charge is 0.265 e. The van der Waals surface area contributed by atoms with Gasteiger partial charge in [-0.2, -0.15) is 0 Å². The second kappa shape index (κ2) is 3.74. The number of aliphatic hydroxyl groups excluding tert-OH is 1. The Hall–Kier alpha value is -1.10. The zero-order valence-corrected chi connectivity index (χ0v) is 6.89. The molecule has 0 spiro atoms. The molecule has 0 unspecified atom stereocenters. The number of rotatable bonds is 2. The van der Waals surface area contributed by atoms with Crippen molar-refractivity contribution >= 4 is 0 Å². The lowest BCUT2D eigenvalue weighted by Crippen LogP contribution is -2.02. The third-order valence-electron chi connectivity index (χ3n) is 1.65. The van der Waals surface area contributed by atoms with E-state index in [0.29, 0.717) is 6.07 Å². The molecule has 1 rings (SSSR count). The number of halogens is 3. The highest BCUT2D eigenvalue weighted by Gasteiger charge is 2.16. The number of hydrogen-bond donors (Lipinski definition) is 1. The molecule has 1 aromatic heterocycles. The highest BCUT2D eigenvalue weighted by molar-refractivity contribution is 5.24. The van der Waals surface area contributed by atoms with Crippen LogP contribution in [0.25, 0.3) is 0 Å². The molecule has 0 bridgehead atoms. The topological polar surface area (TPSA) is 33.1 Å². The first kappa shape index (κ1) is 9.98. The van der Waals surface area contributed by atoms with Crippen LogP contribution in [0.1, 0.15) is 23.4 Å². The molecule has 2 nitrogen and oxygen atoms in total. The number of aromatic nitrogens is 1. The van der Waals surface area contributed by atoms with Gasteiger partial charge in [-0.05, 0) is 13.0 Å². The number of hydrogen-bond acceptors (Lipinski definition) is 2. The third-order valence-corrected chi connectivity index (χ3v) is 1.65. The minimum Gasteiger partial charge on any atom is -0.390 e. The molecule has 0 saturated heterocycles. The van der Waals surface area contributed by atoms with E-state index in [1.54, 1.807) is 0 Å². The summed E-state index contributed by atoms with van der Waals surface area (Å²) in [5.41, 5.74) is -0.715. The molecule has 72 valence electrons. The molecule has 1 heterocycles. The summed E-state index contributed by atoms with van der Waals surface area (Å²) in [7, 11) is 0. The first-order valence-electron chi connectivity index (χ1n) is 3.61. The van der Waals surface area contributed by atoms with Crippen LogP contribution in [-0.2, 0) is 6.61 Å². The van der Waals surface area contributed by atoms with Gasteiger partial charge < -0.3 is 5.11 Å². The van der Waals surface area contributed by atoms with E-state index in [0.717, 1.165) is 0 Å². The summed E-state index contributed by atoms with van der Waals surface area (Å²) < 4.78 is 37.2. The maximum absolute atomic E-state index is 12.8. The molecule has 0 atom stereocenters. The van der Waals surface area contributed by atoms with Gasteiger partial charge >= 0.3 is 0 Å². The van der Waals surface area contributed by atoms with Gasteiger partial charge in [-0.1, -0.05) is 0 Å². The van der Waals surface area contributed by atoms with Gasteiger partial charge in [-0.15, -0.1) is 0 Å². The van der Waals surface area contributed by atoms with Crippen molar-refractivity contribution in [1.82, 2.24) is 4.98 Å². The Balaban J connectivity index is 3.25. The fourth-order valence-corrected chi connectivity index (χ4v) is 0.960. The summed E-state index contributed by atoms with van der Waals surface area (Å²) >= 11 is 0. The molecule has 13 heavy (non-hydrogen) atoms. The van der Waals surface area contributed by atoms with Crippen molar-refractivity contribution in [3.63, 3.8) is 0 Å². The van der Waals surface area contributed by atoms with E-state index in [2.05, 4.69) is 4.98 Å². The Morgan fingerprint density at radius 2 is 2.15 bits per heavy atom. The van der Waals surface area contributed by atoms with Gasteiger partial charge in [-0.3, -0.25) is 4.98 Å². The maximum Gasteiger partial charge on any atom is 0.265 e. The summed E-state index contributed by atoms with van der Waals surface area (Å²) in [5.74, 6) is -0.785. The quantitative estimate of drug-likeness (QED) is 0.775. The SMILES string of the molecule is Cc1nc(CO)c(C(F)F)cc1F. The Labute approximate surface area is 73.0 Å².